The van der Waals surface area contributed by atoms with Gasteiger partial charge in [-0.15, -0.1) is 0 Å². The van der Waals surface area contributed by atoms with Gasteiger partial charge in [0.1, 0.15) is 5.75 Å². The molecule has 1 amide bonds. The number of piperidine rings is 1. The van der Waals surface area contributed by atoms with Crippen LogP contribution in [-0.4, -0.2) is 45.0 Å². The molecule has 0 unspecified atom stereocenters. The van der Waals surface area contributed by atoms with E-state index in [4.69, 9.17) is 16.3 Å². The van der Waals surface area contributed by atoms with Crippen molar-refractivity contribution in [2.45, 2.75) is 31.4 Å². The van der Waals surface area contributed by atoms with Crippen LogP contribution >= 0.6 is 11.6 Å². The molecule has 1 saturated heterocycles. The normalized spacial score (nSPS) is 17.3. The summed E-state index contributed by atoms with van der Waals surface area (Å²) in [5, 5.41) is 6.17. The van der Waals surface area contributed by atoms with Gasteiger partial charge < -0.3 is 15.4 Å². The molecule has 1 aromatic rings. The lowest BCUT2D eigenvalue weighted by molar-refractivity contribution is -0.119. The van der Waals surface area contributed by atoms with E-state index in [0.717, 1.165) is 6.26 Å². The van der Waals surface area contributed by atoms with E-state index >= 15 is 0 Å². The van der Waals surface area contributed by atoms with Crippen molar-refractivity contribution in [2.75, 3.05) is 31.3 Å². The number of sulfone groups is 1. The SMILES string of the molecule is CC(C)COc1ccc(NC(=O)C2(S(C)(=O)=O)CCNCC2)cc1Cl. The average molecular weight is 389 g/mol. The Morgan fingerprint density at radius 3 is 2.52 bits per heavy atom. The molecule has 0 radical (unpaired) electrons. The van der Waals surface area contributed by atoms with E-state index in [1.807, 2.05) is 13.8 Å². The third kappa shape index (κ3) is 4.65. The molecule has 2 rings (SSSR count). The van der Waals surface area contributed by atoms with Crippen molar-refractivity contribution >= 4 is 33.0 Å². The van der Waals surface area contributed by atoms with E-state index in [2.05, 4.69) is 10.6 Å². The van der Waals surface area contributed by atoms with Crippen LogP contribution in [0.3, 0.4) is 0 Å². The van der Waals surface area contributed by atoms with Crippen LogP contribution < -0.4 is 15.4 Å². The van der Waals surface area contributed by atoms with Gasteiger partial charge in [0.2, 0.25) is 5.91 Å². The number of ether oxygens (including phenoxy) is 1. The van der Waals surface area contributed by atoms with Crippen molar-refractivity contribution in [3.8, 4) is 5.75 Å². The molecule has 140 valence electrons. The van der Waals surface area contributed by atoms with E-state index in [0.29, 0.717) is 42.1 Å². The van der Waals surface area contributed by atoms with E-state index in [9.17, 15) is 13.2 Å². The Bertz CT molecular complexity index is 728. The number of hydrogen-bond acceptors (Lipinski definition) is 5. The number of carbonyl (C=O) groups excluding carboxylic acids is 1. The molecule has 0 spiro atoms. The number of anilines is 1. The van der Waals surface area contributed by atoms with Crippen LogP contribution in [-0.2, 0) is 14.6 Å². The minimum absolute atomic E-state index is 0.251. The molecule has 0 saturated carbocycles. The minimum Gasteiger partial charge on any atom is -0.492 e. The first-order valence-corrected chi connectivity index (χ1v) is 10.6. The second-order valence-electron chi connectivity index (χ2n) is 6.82. The highest BCUT2D eigenvalue weighted by Gasteiger charge is 2.48. The Labute approximate surface area is 154 Å². The minimum atomic E-state index is -3.55. The molecule has 6 nitrogen and oxygen atoms in total. The van der Waals surface area contributed by atoms with Crippen LogP contribution in [0, 0.1) is 5.92 Å². The summed E-state index contributed by atoms with van der Waals surface area (Å²) in [7, 11) is -3.55. The lowest BCUT2D eigenvalue weighted by Crippen LogP contribution is -2.55. The zero-order chi connectivity index (χ0) is 18.7. The van der Waals surface area contributed by atoms with Crippen LogP contribution in [0.4, 0.5) is 5.69 Å². The summed E-state index contributed by atoms with van der Waals surface area (Å²) in [6, 6.07) is 4.92. The molecule has 0 atom stereocenters. The van der Waals surface area contributed by atoms with Gasteiger partial charge in [-0.1, -0.05) is 25.4 Å². The molecule has 1 aliphatic heterocycles. The standard InChI is InChI=1S/C17H25ClN2O4S/c1-12(2)11-24-15-5-4-13(10-14(15)18)20-16(21)17(25(3,22)23)6-8-19-9-7-17/h4-5,10,12,19H,6-9,11H2,1-3H3,(H,20,21). The van der Waals surface area contributed by atoms with Crippen LogP contribution in [0.2, 0.25) is 5.02 Å². The van der Waals surface area contributed by atoms with Gasteiger partial charge in [-0.05, 0) is 50.0 Å². The van der Waals surface area contributed by atoms with Crippen molar-refractivity contribution < 1.29 is 17.9 Å². The van der Waals surface area contributed by atoms with Crippen LogP contribution in [0.5, 0.6) is 5.75 Å². The van der Waals surface area contributed by atoms with E-state index in [1.165, 1.54) is 0 Å². The molecule has 1 heterocycles. The average Bonchev–Trinajstić information content (AvgIpc) is 2.53. The summed E-state index contributed by atoms with van der Waals surface area (Å²) in [4.78, 5) is 12.8. The number of rotatable bonds is 6. The molecular weight excluding hydrogens is 364 g/mol. The van der Waals surface area contributed by atoms with Crippen LogP contribution in [0.25, 0.3) is 0 Å². The molecule has 2 N–H and O–H groups in total. The molecule has 0 aromatic heterocycles. The lowest BCUT2D eigenvalue weighted by atomic mass is 9.95. The number of carbonyl (C=O) groups is 1. The number of halogens is 1. The van der Waals surface area contributed by atoms with Gasteiger partial charge in [0.15, 0.2) is 14.6 Å². The number of hydrogen-bond donors (Lipinski definition) is 2. The molecule has 1 fully saturated rings. The quantitative estimate of drug-likeness (QED) is 0.782. The smallest absolute Gasteiger partial charge is 0.245 e. The van der Waals surface area contributed by atoms with Crippen molar-refractivity contribution in [1.29, 1.82) is 0 Å². The Morgan fingerprint density at radius 2 is 2.00 bits per heavy atom. The first-order chi connectivity index (χ1) is 11.7. The van der Waals surface area contributed by atoms with Crippen LogP contribution in [0.15, 0.2) is 18.2 Å². The maximum Gasteiger partial charge on any atom is 0.245 e. The van der Waals surface area contributed by atoms with Crippen LogP contribution in [0.1, 0.15) is 26.7 Å². The summed E-state index contributed by atoms with van der Waals surface area (Å²) >= 11 is 6.20. The van der Waals surface area contributed by atoms with Gasteiger partial charge in [-0.3, -0.25) is 4.79 Å². The Hall–Kier alpha value is -1.31. The predicted octanol–water partition coefficient (Wildman–Crippen LogP) is 2.48. The summed E-state index contributed by atoms with van der Waals surface area (Å²) < 4.78 is 28.7. The molecule has 1 aliphatic rings. The first kappa shape index (κ1) is 20.0. The van der Waals surface area contributed by atoms with Crippen molar-refractivity contribution in [2.24, 2.45) is 5.92 Å². The highest BCUT2D eigenvalue weighted by atomic mass is 35.5. The first-order valence-electron chi connectivity index (χ1n) is 8.30. The molecular formula is C17H25ClN2O4S. The summed E-state index contributed by atoms with van der Waals surface area (Å²) in [6.07, 6.45) is 1.62. The van der Waals surface area contributed by atoms with Gasteiger partial charge in [-0.2, -0.15) is 0 Å². The third-order valence-corrected chi connectivity index (χ3v) is 6.61. The number of amides is 1. The maximum atomic E-state index is 12.8. The summed E-state index contributed by atoms with van der Waals surface area (Å²) in [5.41, 5.74) is 0.452. The highest BCUT2D eigenvalue weighted by molar-refractivity contribution is 7.92. The second kappa shape index (κ2) is 7.93. The van der Waals surface area contributed by atoms with E-state index in [-0.39, 0.29) is 12.8 Å². The number of nitrogens with one attached hydrogen (secondary N) is 2. The van der Waals surface area contributed by atoms with Gasteiger partial charge >= 0.3 is 0 Å². The molecule has 0 bridgehead atoms. The van der Waals surface area contributed by atoms with Gasteiger partial charge in [0.05, 0.1) is 11.6 Å². The second-order valence-corrected chi connectivity index (χ2v) is 9.55. The maximum absolute atomic E-state index is 12.8. The molecule has 25 heavy (non-hydrogen) atoms. The largest absolute Gasteiger partial charge is 0.492 e. The van der Waals surface area contributed by atoms with Gasteiger partial charge in [-0.25, -0.2) is 8.42 Å². The summed E-state index contributed by atoms with van der Waals surface area (Å²) in [6.45, 7) is 5.58. The zero-order valence-corrected chi connectivity index (χ0v) is 16.3. The Morgan fingerprint density at radius 1 is 1.36 bits per heavy atom. The third-order valence-electron chi connectivity index (χ3n) is 4.30. The zero-order valence-electron chi connectivity index (χ0n) is 14.8. The summed E-state index contributed by atoms with van der Waals surface area (Å²) in [5.74, 6) is 0.390. The molecule has 1 aromatic carbocycles. The van der Waals surface area contributed by atoms with E-state index < -0.39 is 20.5 Å². The predicted molar refractivity (Wildman–Crippen MR) is 100 cm³/mol. The highest BCUT2D eigenvalue weighted by Crippen LogP contribution is 2.32. The molecule has 8 heteroatoms. The monoisotopic (exact) mass is 388 g/mol. The Kier molecular flexibility index (Phi) is 6.35. The van der Waals surface area contributed by atoms with Gasteiger partial charge in [0, 0.05) is 11.9 Å². The van der Waals surface area contributed by atoms with E-state index in [1.54, 1.807) is 18.2 Å². The topological polar surface area (TPSA) is 84.5 Å². The number of benzene rings is 1. The fraction of sp³-hybridized carbons (Fsp3) is 0.588. The fourth-order valence-electron chi connectivity index (χ4n) is 2.79. The fourth-order valence-corrected chi connectivity index (χ4v) is 4.36. The van der Waals surface area contributed by atoms with Crippen molar-refractivity contribution in [1.82, 2.24) is 5.32 Å². The van der Waals surface area contributed by atoms with Crippen molar-refractivity contribution in [3.63, 3.8) is 0 Å². The van der Waals surface area contributed by atoms with Gasteiger partial charge in [0.25, 0.3) is 0 Å². The van der Waals surface area contributed by atoms with Crippen molar-refractivity contribution in [3.05, 3.63) is 23.2 Å². The lowest BCUT2D eigenvalue weighted by Gasteiger charge is -2.34. The molecule has 0 aliphatic carbocycles. The Balaban J connectivity index is 2.17.